The van der Waals surface area contributed by atoms with Crippen LogP contribution in [0.5, 0.6) is 5.75 Å². The van der Waals surface area contributed by atoms with E-state index in [4.69, 9.17) is 4.74 Å². The molecule has 3 nitrogen and oxygen atoms in total. The number of carbonyl (C=O) groups excluding carboxylic acids is 1. The second-order valence-electron chi connectivity index (χ2n) is 6.15. The lowest BCUT2D eigenvalue weighted by molar-refractivity contribution is 0.0877. The highest BCUT2D eigenvalue weighted by Gasteiger charge is 2.21. The van der Waals surface area contributed by atoms with Gasteiger partial charge < -0.3 is 9.64 Å². The summed E-state index contributed by atoms with van der Waals surface area (Å²) < 4.78 is 18.9. The number of piperidine rings is 1. The highest BCUT2D eigenvalue weighted by molar-refractivity contribution is 5.96. The molecule has 3 rings (SSSR count). The number of para-hydroxylation sites is 1. The van der Waals surface area contributed by atoms with Crippen molar-refractivity contribution in [2.45, 2.75) is 25.4 Å². The number of Topliss-reactive ketones (excluding diaryl/α,β-unsaturated/α-hetero) is 1. The lowest BCUT2D eigenvalue weighted by atomic mass is 10.1. The van der Waals surface area contributed by atoms with E-state index in [1.165, 1.54) is 12.1 Å². The van der Waals surface area contributed by atoms with Crippen LogP contribution in [0.3, 0.4) is 0 Å². The van der Waals surface area contributed by atoms with Crippen molar-refractivity contribution in [1.82, 2.24) is 4.90 Å². The molecule has 0 aliphatic carbocycles. The summed E-state index contributed by atoms with van der Waals surface area (Å²) in [5.41, 5.74) is 0.582. The summed E-state index contributed by atoms with van der Waals surface area (Å²) in [4.78, 5) is 14.4. The summed E-state index contributed by atoms with van der Waals surface area (Å²) in [5, 5.41) is 0. The highest BCUT2D eigenvalue weighted by atomic mass is 19.1. The zero-order valence-corrected chi connectivity index (χ0v) is 13.7. The van der Waals surface area contributed by atoms with Gasteiger partial charge in [-0.3, -0.25) is 4.79 Å². The minimum atomic E-state index is -0.313. The van der Waals surface area contributed by atoms with Crippen LogP contribution in [0, 0.1) is 5.82 Å². The quantitative estimate of drug-likeness (QED) is 0.753. The molecule has 2 aromatic rings. The predicted octanol–water partition coefficient (Wildman–Crippen LogP) is 3.94. The van der Waals surface area contributed by atoms with Crippen molar-refractivity contribution in [3.63, 3.8) is 0 Å². The van der Waals surface area contributed by atoms with E-state index < -0.39 is 0 Å². The van der Waals surface area contributed by atoms with Gasteiger partial charge in [0.2, 0.25) is 0 Å². The maximum absolute atomic E-state index is 12.9. The van der Waals surface area contributed by atoms with Gasteiger partial charge in [0.25, 0.3) is 0 Å². The monoisotopic (exact) mass is 327 g/mol. The Hall–Kier alpha value is -2.20. The Morgan fingerprint density at radius 3 is 2.38 bits per heavy atom. The molecule has 126 valence electrons. The fourth-order valence-electron chi connectivity index (χ4n) is 2.98. The Labute approximate surface area is 142 Å². The molecule has 0 aromatic heterocycles. The number of hydrogen-bond acceptors (Lipinski definition) is 3. The zero-order chi connectivity index (χ0) is 16.8. The van der Waals surface area contributed by atoms with Crippen LogP contribution in [0.2, 0.25) is 0 Å². The first-order valence-electron chi connectivity index (χ1n) is 8.43. The molecule has 2 aromatic carbocycles. The first-order valence-corrected chi connectivity index (χ1v) is 8.43. The summed E-state index contributed by atoms with van der Waals surface area (Å²) in [5.74, 6) is 0.673. The van der Waals surface area contributed by atoms with Crippen LogP contribution in [0.4, 0.5) is 4.39 Å². The lowest BCUT2D eigenvalue weighted by Crippen LogP contribution is -2.39. The number of hydrogen-bond donors (Lipinski definition) is 0. The van der Waals surface area contributed by atoms with E-state index >= 15 is 0 Å². The fraction of sp³-hybridized carbons (Fsp3) is 0.350. The van der Waals surface area contributed by atoms with Crippen molar-refractivity contribution in [2.24, 2.45) is 0 Å². The minimum absolute atomic E-state index is 0.0673. The van der Waals surface area contributed by atoms with Crippen LogP contribution >= 0.6 is 0 Å². The molecule has 1 saturated heterocycles. The molecular weight excluding hydrogens is 305 g/mol. The van der Waals surface area contributed by atoms with Gasteiger partial charge in [-0.1, -0.05) is 18.2 Å². The second kappa shape index (κ2) is 8.06. The summed E-state index contributed by atoms with van der Waals surface area (Å²) in [7, 11) is 0. The molecule has 0 bridgehead atoms. The molecular formula is C20H22FNO2. The van der Waals surface area contributed by atoms with Gasteiger partial charge in [0.05, 0.1) is 0 Å². The predicted molar refractivity (Wildman–Crippen MR) is 91.9 cm³/mol. The van der Waals surface area contributed by atoms with E-state index in [0.29, 0.717) is 12.0 Å². The Balaban J connectivity index is 1.41. The van der Waals surface area contributed by atoms with E-state index in [1.807, 2.05) is 30.3 Å². The smallest absolute Gasteiger partial charge is 0.164 e. The van der Waals surface area contributed by atoms with Crippen molar-refractivity contribution in [1.29, 1.82) is 0 Å². The van der Waals surface area contributed by atoms with Gasteiger partial charge >= 0.3 is 0 Å². The molecule has 0 N–H and O–H groups in total. The van der Waals surface area contributed by atoms with Gasteiger partial charge in [-0.2, -0.15) is 0 Å². The number of nitrogens with zero attached hydrogens (tertiary/aromatic N) is 1. The summed E-state index contributed by atoms with van der Waals surface area (Å²) in [6.45, 7) is 2.62. The third-order valence-electron chi connectivity index (χ3n) is 4.40. The number of rotatable bonds is 6. The topological polar surface area (TPSA) is 29.5 Å². The lowest BCUT2D eigenvalue weighted by Gasteiger charge is -2.32. The van der Waals surface area contributed by atoms with Crippen LogP contribution in [-0.2, 0) is 0 Å². The first kappa shape index (κ1) is 16.7. The van der Waals surface area contributed by atoms with Gasteiger partial charge in [0, 0.05) is 31.6 Å². The molecule has 0 spiro atoms. The van der Waals surface area contributed by atoms with Crippen molar-refractivity contribution in [2.75, 3.05) is 19.6 Å². The normalized spacial score (nSPS) is 16.0. The first-order chi connectivity index (χ1) is 11.7. The Bertz CT molecular complexity index is 649. The number of likely N-dealkylation sites (tertiary alicyclic amines) is 1. The molecule has 0 amide bonds. The van der Waals surface area contributed by atoms with Crippen molar-refractivity contribution >= 4 is 5.78 Å². The SMILES string of the molecule is O=C(CCN1CCC(Oc2ccccc2)CC1)c1ccc(F)cc1. The number of benzene rings is 2. The molecule has 1 fully saturated rings. The minimum Gasteiger partial charge on any atom is -0.490 e. The average molecular weight is 327 g/mol. The van der Waals surface area contributed by atoms with Crippen molar-refractivity contribution in [3.05, 3.63) is 66.0 Å². The van der Waals surface area contributed by atoms with E-state index in [2.05, 4.69) is 4.90 Å². The van der Waals surface area contributed by atoms with E-state index in [0.717, 1.165) is 38.2 Å². The molecule has 0 saturated carbocycles. The van der Waals surface area contributed by atoms with Gasteiger partial charge in [-0.15, -0.1) is 0 Å². The van der Waals surface area contributed by atoms with Gasteiger partial charge in [-0.25, -0.2) is 4.39 Å². The van der Waals surface area contributed by atoms with E-state index in [9.17, 15) is 9.18 Å². The van der Waals surface area contributed by atoms with Gasteiger partial charge in [-0.05, 0) is 49.2 Å². The number of ketones is 1. The van der Waals surface area contributed by atoms with E-state index in [-0.39, 0.29) is 17.7 Å². The summed E-state index contributed by atoms with van der Waals surface area (Å²) >= 11 is 0. The Morgan fingerprint density at radius 2 is 1.71 bits per heavy atom. The second-order valence-corrected chi connectivity index (χ2v) is 6.15. The standard InChI is InChI=1S/C20H22FNO2/c21-17-8-6-16(7-9-17)20(23)12-15-22-13-10-19(11-14-22)24-18-4-2-1-3-5-18/h1-9,19H,10-15H2. The number of halogens is 1. The fourth-order valence-corrected chi connectivity index (χ4v) is 2.98. The molecule has 4 heteroatoms. The third kappa shape index (κ3) is 4.65. The Kier molecular flexibility index (Phi) is 5.59. The van der Waals surface area contributed by atoms with Crippen LogP contribution < -0.4 is 4.74 Å². The summed E-state index contributed by atoms with van der Waals surface area (Å²) in [6.07, 6.45) is 2.66. The number of ether oxygens (including phenoxy) is 1. The molecule has 1 heterocycles. The number of carbonyl (C=O) groups is 1. The van der Waals surface area contributed by atoms with Crippen LogP contribution in [0.15, 0.2) is 54.6 Å². The average Bonchev–Trinajstić information content (AvgIpc) is 2.62. The van der Waals surface area contributed by atoms with Crippen LogP contribution in [-0.4, -0.2) is 36.4 Å². The molecule has 0 radical (unpaired) electrons. The summed E-state index contributed by atoms with van der Waals surface area (Å²) in [6, 6.07) is 15.7. The molecule has 1 aliphatic heterocycles. The van der Waals surface area contributed by atoms with Gasteiger partial charge in [0.15, 0.2) is 5.78 Å². The third-order valence-corrected chi connectivity index (χ3v) is 4.40. The maximum Gasteiger partial charge on any atom is 0.164 e. The molecule has 1 aliphatic rings. The molecule has 0 atom stereocenters. The Morgan fingerprint density at radius 1 is 1.04 bits per heavy atom. The van der Waals surface area contributed by atoms with E-state index in [1.54, 1.807) is 12.1 Å². The van der Waals surface area contributed by atoms with Crippen molar-refractivity contribution < 1.29 is 13.9 Å². The zero-order valence-electron chi connectivity index (χ0n) is 13.7. The highest BCUT2D eigenvalue weighted by Crippen LogP contribution is 2.19. The van der Waals surface area contributed by atoms with Crippen LogP contribution in [0.25, 0.3) is 0 Å². The van der Waals surface area contributed by atoms with Crippen LogP contribution in [0.1, 0.15) is 29.6 Å². The molecule has 0 unspecified atom stereocenters. The maximum atomic E-state index is 12.9. The van der Waals surface area contributed by atoms with Gasteiger partial charge in [0.1, 0.15) is 17.7 Å². The largest absolute Gasteiger partial charge is 0.490 e. The molecule has 24 heavy (non-hydrogen) atoms. The van der Waals surface area contributed by atoms with Crippen molar-refractivity contribution in [3.8, 4) is 5.75 Å².